The van der Waals surface area contributed by atoms with E-state index in [1.807, 2.05) is 11.3 Å². The lowest BCUT2D eigenvalue weighted by Crippen LogP contribution is -2.23. The first-order valence-electron chi connectivity index (χ1n) is 8.86. The molecule has 0 aliphatic heterocycles. The van der Waals surface area contributed by atoms with Gasteiger partial charge in [0.05, 0.1) is 0 Å². The van der Waals surface area contributed by atoms with Crippen LogP contribution in [-0.2, 0) is 0 Å². The summed E-state index contributed by atoms with van der Waals surface area (Å²) in [5, 5.41) is 8.28. The Balaban J connectivity index is 1.98. The fourth-order valence-corrected chi connectivity index (χ4v) is 5.50. The lowest BCUT2D eigenvalue weighted by atomic mass is 9.98. The van der Waals surface area contributed by atoms with Gasteiger partial charge in [-0.3, -0.25) is 0 Å². The van der Waals surface area contributed by atoms with Gasteiger partial charge in [-0.25, -0.2) is 0 Å². The maximum absolute atomic E-state index is 3.65. The normalized spacial score (nSPS) is 17.1. The highest BCUT2D eigenvalue weighted by molar-refractivity contribution is 7.17. The summed E-state index contributed by atoms with van der Waals surface area (Å²) in [7, 11) is 0. The van der Waals surface area contributed by atoms with Crippen LogP contribution in [0.5, 0.6) is 0 Å². The number of fused-ring (bicyclic) bond motifs is 9. The van der Waals surface area contributed by atoms with E-state index in [0.29, 0.717) is 5.92 Å². The molecule has 2 aromatic heterocycles. The van der Waals surface area contributed by atoms with E-state index in [9.17, 15) is 0 Å². The Morgan fingerprint density at radius 1 is 0.920 bits per heavy atom. The van der Waals surface area contributed by atoms with Gasteiger partial charge in [0, 0.05) is 36.4 Å². The zero-order chi connectivity index (χ0) is 16.5. The first-order chi connectivity index (χ1) is 12.3. The van der Waals surface area contributed by atoms with E-state index in [2.05, 4.69) is 72.6 Å². The highest BCUT2D eigenvalue weighted by atomic mass is 32.1. The number of rotatable bonds is 0. The predicted molar refractivity (Wildman–Crippen MR) is 111 cm³/mol. The minimum atomic E-state index is 0.613. The number of nitrogens with one attached hydrogen (secondary N) is 1. The number of aromatic nitrogens is 1. The average molecular weight is 339 g/mol. The number of benzene rings is 3. The summed E-state index contributed by atoms with van der Waals surface area (Å²) in [5.41, 5.74) is 2.47. The molecule has 0 fully saturated rings. The summed E-state index contributed by atoms with van der Waals surface area (Å²) >= 11 is 1.93. The second-order valence-corrected chi connectivity index (χ2v) is 8.24. The van der Waals surface area contributed by atoms with Crippen LogP contribution < -0.4 is 9.75 Å². The van der Waals surface area contributed by atoms with Gasteiger partial charge in [0.25, 0.3) is 0 Å². The lowest BCUT2D eigenvalue weighted by Gasteiger charge is -2.05. The first-order valence-corrected chi connectivity index (χ1v) is 9.68. The van der Waals surface area contributed by atoms with Crippen molar-refractivity contribution >= 4 is 66.2 Å². The minimum absolute atomic E-state index is 0.613. The van der Waals surface area contributed by atoms with Crippen LogP contribution >= 0.6 is 11.3 Å². The molecule has 1 nitrogen and oxygen atoms in total. The molecule has 0 spiro atoms. The van der Waals surface area contributed by atoms with Gasteiger partial charge in [-0.2, -0.15) is 0 Å². The van der Waals surface area contributed by atoms with Crippen LogP contribution in [0, 0.1) is 5.92 Å². The van der Waals surface area contributed by atoms with Gasteiger partial charge in [0.15, 0.2) is 0 Å². The molecule has 25 heavy (non-hydrogen) atoms. The number of thiophene rings is 1. The molecular formula is C23H17NS. The molecule has 5 aromatic rings. The maximum Gasteiger partial charge on any atom is 0.0472 e. The molecule has 1 aliphatic rings. The number of hydrogen-bond acceptors (Lipinski definition) is 1. The minimum Gasteiger partial charge on any atom is -0.354 e. The molecule has 1 aliphatic carbocycles. The Bertz CT molecular complexity index is 1430. The fourth-order valence-electron chi connectivity index (χ4n) is 4.35. The predicted octanol–water partition coefficient (Wildman–Crippen LogP) is 5.29. The van der Waals surface area contributed by atoms with Gasteiger partial charge >= 0.3 is 0 Å². The van der Waals surface area contributed by atoms with Gasteiger partial charge in [-0.1, -0.05) is 49.4 Å². The van der Waals surface area contributed by atoms with Crippen molar-refractivity contribution in [3.63, 3.8) is 0 Å². The number of aromatic amines is 1. The third-order valence-corrected chi connectivity index (χ3v) is 6.66. The molecule has 0 amide bonds. The molecule has 0 bridgehead atoms. The Hall–Kier alpha value is -2.58. The maximum atomic E-state index is 3.65. The van der Waals surface area contributed by atoms with Gasteiger partial charge < -0.3 is 4.98 Å². The van der Waals surface area contributed by atoms with Gasteiger partial charge in [-0.05, 0) is 46.5 Å². The van der Waals surface area contributed by atoms with Crippen molar-refractivity contribution in [3.05, 3.63) is 58.3 Å². The summed E-state index contributed by atoms with van der Waals surface area (Å²) in [5.74, 6) is 0.613. The number of H-pyrrole nitrogens is 1. The molecular weight excluding hydrogens is 322 g/mol. The largest absolute Gasteiger partial charge is 0.354 e. The highest BCUT2D eigenvalue weighted by Gasteiger charge is 2.15. The quantitative estimate of drug-likeness (QED) is 0.394. The first kappa shape index (κ1) is 13.7. The van der Waals surface area contributed by atoms with Crippen molar-refractivity contribution < 1.29 is 0 Å². The van der Waals surface area contributed by atoms with Gasteiger partial charge in [0.2, 0.25) is 0 Å². The third-order valence-electron chi connectivity index (χ3n) is 5.50. The lowest BCUT2D eigenvalue weighted by molar-refractivity contribution is 0.803. The van der Waals surface area contributed by atoms with Crippen LogP contribution in [0.15, 0.2) is 48.5 Å². The molecule has 120 valence electrons. The van der Waals surface area contributed by atoms with Crippen molar-refractivity contribution in [2.24, 2.45) is 5.92 Å². The van der Waals surface area contributed by atoms with Crippen LogP contribution in [-0.4, -0.2) is 4.98 Å². The van der Waals surface area contributed by atoms with Crippen LogP contribution in [0.4, 0.5) is 0 Å². The summed E-state index contributed by atoms with van der Waals surface area (Å²) < 4.78 is 2.84. The van der Waals surface area contributed by atoms with Gasteiger partial charge in [-0.15, -0.1) is 11.3 Å². The van der Waals surface area contributed by atoms with Crippen molar-refractivity contribution in [1.29, 1.82) is 0 Å². The van der Waals surface area contributed by atoms with E-state index in [-0.39, 0.29) is 0 Å². The van der Waals surface area contributed by atoms with E-state index < -0.39 is 0 Å². The molecule has 2 heteroatoms. The van der Waals surface area contributed by atoms with Crippen molar-refractivity contribution in [2.45, 2.75) is 13.3 Å². The zero-order valence-corrected chi connectivity index (χ0v) is 14.8. The zero-order valence-electron chi connectivity index (χ0n) is 14.0. The second kappa shape index (κ2) is 4.74. The molecule has 0 saturated carbocycles. The van der Waals surface area contributed by atoms with Crippen LogP contribution in [0.1, 0.15) is 13.3 Å². The highest BCUT2D eigenvalue weighted by Crippen LogP contribution is 2.36. The van der Waals surface area contributed by atoms with Gasteiger partial charge in [0.1, 0.15) is 0 Å². The molecule has 3 aromatic carbocycles. The van der Waals surface area contributed by atoms with Crippen molar-refractivity contribution in [1.82, 2.24) is 4.98 Å². The molecule has 6 rings (SSSR count). The van der Waals surface area contributed by atoms with Crippen molar-refractivity contribution in [2.75, 3.05) is 0 Å². The summed E-state index contributed by atoms with van der Waals surface area (Å²) in [6.45, 7) is 2.31. The smallest absolute Gasteiger partial charge is 0.0472 e. The number of hydrogen-bond donors (Lipinski definition) is 1. The van der Waals surface area contributed by atoms with E-state index in [1.165, 1.54) is 52.4 Å². The van der Waals surface area contributed by atoms with Crippen LogP contribution in [0.3, 0.4) is 0 Å². The Labute approximate surface area is 148 Å². The third kappa shape index (κ3) is 1.78. The summed E-state index contributed by atoms with van der Waals surface area (Å²) in [4.78, 5) is 3.65. The fraction of sp³-hybridized carbons (Fsp3) is 0.130. The standard InChI is InChI=1S/C23H17NS/c1-13-6-10-19-16(12-13)22-20(25-19)11-9-18-23(22)21-15-5-3-2-4-14(15)7-8-17(21)24-18/h2-5,7-13,24H,6H2,1H3. The summed E-state index contributed by atoms with van der Waals surface area (Å²) in [6, 6.07) is 17.7. The molecule has 0 saturated heterocycles. The second-order valence-electron chi connectivity index (χ2n) is 7.16. The van der Waals surface area contributed by atoms with E-state index in [1.54, 1.807) is 0 Å². The van der Waals surface area contributed by atoms with E-state index in [4.69, 9.17) is 0 Å². The monoisotopic (exact) mass is 339 g/mol. The molecule has 2 heterocycles. The Morgan fingerprint density at radius 2 is 1.76 bits per heavy atom. The summed E-state index contributed by atoms with van der Waals surface area (Å²) in [6.07, 6.45) is 6.04. The Kier molecular flexibility index (Phi) is 2.59. The molecule has 0 radical (unpaired) electrons. The van der Waals surface area contributed by atoms with E-state index in [0.717, 1.165) is 6.42 Å². The average Bonchev–Trinajstić information content (AvgIpc) is 3.19. The topological polar surface area (TPSA) is 15.8 Å². The van der Waals surface area contributed by atoms with E-state index >= 15 is 0 Å². The van der Waals surface area contributed by atoms with Crippen LogP contribution in [0.2, 0.25) is 0 Å². The molecule has 1 N–H and O–H groups in total. The Morgan fingerprint density at radius 3 is 2.72 bits per heavy atom. The molecule has 1 unspecified atom stereocenters. The van der Waals surface area contributed by atoms with Crippen LogP contribution in [0.25, 0.3) is 54.8 Å². The SMILES string of the molecule is CC1C=c2c(sc3ccc4[nH]c5ccc6ccccc6c5c4c23)=CC1. The molecule has 1 atom stereocenters. The van der Waals surface area contributed by atoms with Crippen molar-refractivity contribution in [3.8, 4) is 0 Å².